The molecule has 4 heteroatoms. The fourth-order valence-electron chi connectivity index (χ4n) is 2.78. The van der Waals surface area contributed by atoms with Crippen molar-refractivity contribution in [3.05, 3.63) is 77.3 Å². The van der Waals surface area contributed by atoms with Gasteiger partial charge in [-0.25, -0.2) is 0 Å². The number of nitrogens with one attached hydrogen (secondary N) is 1. The number of amides is 1. The van der Waals surface area contributed by atoms with E-state index in [1.165, 1.54) is 0 Å². The molecule has 0 bridgehead atoms. The molecule has 3 rings (SSSR count). The Bertz CT molecular complexity index is 784. The average molecular weight is 336 g/mol. The van der Waals surface area contributed by atoms with Crippen LogP contribution < -0.4 is 5.32 Å². The normalized spacial score (nSPS) is 11.9. The molecule has 0 aliphatic heterocycles. The molecular weight excluding hydrogens is 316 g/mol. The molecule has 3 nitrogen and oxygen atoms in total. The second kappa shape index (κ2) is 7.88. The highest BCUT2D eigenvalue weighted by atomic mass is 32.1. The lowest BCUT2D eigenvalue weighted by Crippen LogP contribution is -2.29. The van der Waals surface area contributed by atoms with Crippen LogP contribution in [0.15, 0.2) is 66.2 Å². The predicted octanol–water partition coefficient (Wildman–Crippen LogP) is 4.62. The first kappa shape index (κ1) is 16.4. The van der Waals surface area contributed by atoms with E-state index < -0.39 is 0 Å². The van der Waals surface area contributed by atoms with Crippen molar-refractivity contribution in [2.24, 2.45) is 0 Å². The van der Waals surface area contributed by atoms with Crippen LogP contribution in [-0.4, -0.2) is 10.9 Å². The van der Waals surface area contributed by atoms with Crippen molar-refractivity contribution >= 4 is 17.2 Å². The van der Waals surface area contributed by atoms with Crippen LogP contribution in [0.4, 0.5) is 0 Å². The molecule has 1 amide bonds. The second-order valence-electron chi connectivity index (χ2n) is 5.58. The van der Waals surface area contributed by atoms with Crippen molar-refractivity contribution < 1.29 is 4.79 Å². The molecule has 2 aromatic heterocycles. The first-order chi connectivity index (χ1) is 11.8. The lowest BCUT2D eigenvalue weighted by atomic mass is 9.95. The van der Waals surface area contributed by atoms with Gasteiger partial charge in [0.15, 0.2) is 0 Å². The van der Waals surface area contributed by atoms with E-state index in [1.54, 1.807) is 17.5 Å². The van der Waals surface area contributed by atoms with Crippen LogP contribution in [0.1, 0.15) is 30.4 Å². The van der Waals surface area contributed by atoms with E-state index >= 15 is 0 Å². The first-order valence-electron chi connectivity index (χ1n) is 8.10. The second-order valence-corrected chi connectivity index (χ2v) is 6.53. The van der Waals surface area contributed by atoms with Gasteiger partial charge >= 0.3 is 0 Å². The summed E-state index contributed by atoms with van der Waals surface area (Å²) in [7, 11) is 0. The number of carbonyl (C=O) groups is 1. The van der Waals surface area contributed by atoms with E-state index in [-0.39, 0.29) is 11.8 Å². The first-order valence-corrected chi connectivity index (χ1v) is 8.98. The molecule has 1 N–H and O–H groups in total. The maximum atomic E-state index is 12.6. The summed E-state index contributed by atoms with van der Waals surface area (Å²) in [5, 5.41) is 5.11. The number of hydrogen-bond acceptors (Lipinski definition) is 3. The summed E-state index contributed by atoms with van der Waals surface area (Å²) >= 11 is 1.66. The van der Waals surface area contributed by atoms with Crippen LogP contribution in [0, 0.1) is 0 Å². The Morgan fingerprint density at radius 3 is 2.67 bits per heavy atom. The molecule has 0 saturated heterocycles. The molecule has 24 heavy (non-hydrogen) atoms. The van der Waals surface area contributed by atoms with E-state index in [2.05, 4.69) is 16.4 Å². The quantitative estimate of drug-likeness (QED) is 0.713. The largest absolute Gasteiger partial charge is 0.351 e. The van der Waals surface area contributed by atoms with E-state index in [0.717, 1.165) is 28.1 Å². The third kappa shape index (κ3) is 3.71. The van der Waals surface area contributed by atoms with Crippen LogP contribution in [-0.2, 0) is 11.3 Å². The Labute approximate surface area is 146 Å². The summed E-state index contributed by atoms with van der Waals surface area (Å²) in [6.07, 6.45) is 2.57. The number of rotatable bonds is 6. The Morgan fingerprint density at radius 1 is 1.12 bits per heavy atom. The Hall–Kier alpha value is -2.46. The monoisotopic (exact) mass is 336 g/mol. The minimum Gasteiger partial charge on any atom is -0.351 e. The highest BCUT2D eigenvalue weighted by Gasteiger charge is 2.18. The minimum atomic E-state index is -0.118. The lowest BCUT2D eigenvalue weighted by molar-refractivity contribution is -0.122. The van der Waals surface area contributed by atoms with Crippen molar-refractivity contribution in [3.8, 4) is 10.6 Å². The summed E-state index contributed by atoms with van der Waals surface area (Å²) in [4.78, 5) is 18.2. The molecule has 0 fully saturated rings. The molecule has 0 aliphatic carbocycles. The van der Waals surface area contributed by atoms with E-state index in [0.29, 0.717) is 6.54 Å². The third-order valence-electron chi connectivity index (χ3n) is 4.03. The fourth-order valence-corrected chi connectivity index (χ4v) is 3.54. The summed E-state index contributed by atoms with van der Waals surface area (Å²) in [6, 6.07) is 17.9. The molecule has 0 aliphatic rings. The molecule has 0 spiro atoms. The van der Waals surface area contributed by atoms with E-state index in [9.17, 15) is 4.79 Å². The lowest BCUT2D eigenvalue weighted by Gasteiger charge is -2.16. The van der Waals surface area contributed by atoms with E-state index in [1.807, 2.05) is 60.8 Å². The van der Waals surface area contributed by atoms with Gasteiger partial charge < -0.3 is 5.32 Å². The van der Waals surface area contributed by atoms with Gasteiger partial charge in [0.1, 0.15) is 0 Å². The van der Waals surface area contributed by atoms with Gasteiger partial charge in [-0.1, -0.05) is 49.4 Å². The fraction of sp³-hybridized carbons (Fsp3) is 0.200. The van der Waals surface area contributed by atoms with E-state index in [4.69, 9.17) is 0 Å². The number of hydrogen-bond donors (Lipinski definition) is 1. The van der Waals surface area contributed by atoms with Crippen molar-refractivity contribution in [2.45, 2.75) is 25.8 Å². The molecule has 0 radical (unpaired) electrons. The molecule has 1 aromatic carbocycles. The Kier molecular flexibility index (Phi) is 5.39. The number of nitrogens with zero attached hydrogens (tertiary/aromatic N) is 1. The average Bonchev–Trinajstić information content (AvgIpc) is 3.16. The maximum absolute atomic E-state index is 12.6. The Morgan fingerprint density at radius 2 is 1.96 bits per heavy atom. The molecule has 1 atom stereocenters. The number of carbonyl (C=O) groups excluding carboxylic acids is 1. The standard InChI is InChI=1S/C20H20N2OS/c1-2-17(15-8-4-3-5-9-15)20(23)22-14-16-10-6-12-21-19(16)18-11-7-13-24-18/h3-13,17H,2,14H2,1H3,(H,22,23)/t17-/m1/s1. The number of pyridine rings is 1. The van der Waals surface area contributed by atoms with Crippen molar-refractivity contribution in [1.29, 1.82) is 0 Å². The van der Waals surface area contributed by atoms with Crippen molar-refractivity contribution in [2.75, 3.05) is 0 Å². The van der Waals surface area contributed by atoms with Gasteiger partial charge in [-0.15, -0.1) is 11.3 Å². The highest BCUT2D eigenvalue weighted by molar-refractivity contribution is 7.13. The highest BCUT2D eigenvalue weighted by Crippen LogP contribution is 2.26. The third-order valence-corrected chi connectivity index (χ3v) is 4.90. The van der Waals surface area contributed by atoms with Crippen LogP contribution >= 0.6 is 11.3 Å². The molecule has 3 aromatic rings. The predicted molar refractivity (Wildman–Crippen MR) is 98.9 cm³/mol. The summed E-state index contributed by atoms with van der Waals surface area (Å²) in [6.45, 7) is 2.53. The molecule has 0 unspecified atom stereocenters. The van der Waals surface area contributed by atoms with Crippen LogP contribution in [0.2, 0.25) is 0 Å². The van der Waals surface area contributed by atoms with Gasteiger partial charge in [0.25, 0.3) is 0 Å². The summed E-state index contributed by atoms with van der Waals surface area (Å²) in [5.41, 5.74) is 3.04. The van der Waals surface area contributed by atoms with Crippen LogP contribution in [0.25, 0.3) is 10.6 Å². The summed E-state index contributed by atoms with van der Waals surface area (Å²) < 4.78 is 0. The molecule has 0 saturated carbocycles. The van der Waals surface area contributed by atoms with Crippen LogP contribution in [0.5, 0.6) is 0 Å². The smallest absolute Gasteiger partial charge is 0.227 e. The van der Waals surface area contributed by atoms with Crippen LogP contribution in [0.3, 0.4) is 0 Å². The van der Waals surface area contributed by atoms with Gasteiger partial charge in [-0.3, -0.25) is 9.78 Å². The zero-order valence-corrected chi connectivity index (χ0v) is 14.4. The minimum absolute atomic E-state index is 0.0599. The maximum Gasteiger partial charge on any atom is 0.227 e. The Balaban J connectivity index is 1.73. The van der Waals surface area contributed by atoms with Crippen molar-refractivity contribution in [1.82, 2.24) is 10.3 Å². The number of thiophene rings is 1. The SMILES string of the molecule is CC[C@@H](C(=O)NCc1cccnc1-c1cccs1)c1ccccc1. The zero-order chi connectivity index (χ0) is 16.8. The topological polar surface area (TPSA) is 42.0 Å². The molecular formula is C20H20N2OS. The summed E-state index contributed by atoms with van der Waals surface area (Å²) in [5.74, 6) is -0.0576. The number of aromatic nitrogens is 1. The van der Waals surface area contributed by atoms with Gasteiger partial charge in [0.05, 0.1) is 16.5 Å². The van der Waals surface area contributed by atoms with Crippen molar-refractivity contribution in [3.63, 3.8) is 0 Å². The van der Waals surface area contributed by atoms with Gasteiger partial charge in [0, 0.05) is 12.7 Å². The number of benzene rings is 1. The van der Waals surface area contributed by atoms with Gasteiger partial charge in [-0.2, -0.15) is 0 Å². The van der Waals surface area contributed by atoms with Gasteiger partial charge in [-0.05, 0) is 35.1 Å². The zero-order valence-electron chi connectivity index (χ0n) is 13.6. The molecule has 2 heterocycles. The van der Waals surface area contributed by atoms with Gasteiger partial charge in [0.2, 0.25) is 5.91 Å². The molecule has 122 valence electrons.